The topological polar surface area (TPSA) is 104 Å². The molecule has 7 nitrogen and oxygen atoms in total. The molecule has 0 radical (unpaired) electrons. The van der Waals surface area contributed by atoms with Gasteiger partial charge < -0.3 is 15.6 Å². The second kappa shape index (κ2) is 10.8. The van der Waals surface area contributed by atoms with Gasteiger partial charge >= 0.3 is 0 Å². The molecule has 1 aliphatic heterocycles. The van der Waals surface area contributed by atoms with Crippen molar-refractivity contribution in [1.82, 2.24) is 20.6 Å². The molecule has 0 fully saturated rings. The number of H-pyrrole nitrogens is 1. The summed E-state index contributed by atoms with van der Waals surface area (Å²) in [6.45, 7) is 2.05. The zero-order chi connectivity index (χ0) is 26.6. The molecule has 0 saturated carbocycles. The minimum Gasteiger partial charge on any atom is -0.361 e. The van der Waals surface area contributed by atoms with Gasteiger partial charge in [-0.05, 0) is 65.9 Å². The van der Waals surface area contributed by atoms with Crippen LogP contribution in [0.3, 0.4) is 0 Å². The molecule has 0 aliphatic carbocycles. The number of amides is 2. The van der Waals surface area contributed by atoms with Crippen molar-refractivity contribution in [2.75, 3.05) is 6.54 Å². The molecule has 1 unspecified atom stereocenters. The molecule has 2 amide bonds. The fourth-order valence-electron chi connectivity index (χ4n) is 4.85. The molecule has 3 heterocycles. The number of pyridine rings is 1. The second-order valence-corrected chi connectivity index (χ2v) is 9.44. The van der Waals surface area contributed by atoms with E-state index >= 15 is 0 Å². The molecule has 0 spiro atoms. The number of hydrogen-bond acceptors (Lipinski definition) is 4. The van der Waals surface area contributed by atoms with Gasteiger partial charge in [-0.1, -0.05) is 23.8 Å². The van der Waals surface area contributed by atoms with Crippen molar-refractivity contribution in [3.05, 3.63) is 112 Å². The number of nitrogens with zero attached hydrogens (tertiary/aromatic N) is 1. The number of aromatic nitrogens is 2. The molecule has 5 rings (SSSR count). The van der Waals surface area contributed by atoms with Crippen molar-refractivity contribution in [3.8, 4) is 0 Å². The summed E-state index contributed by atoms with van der Waals surface area (Å²) >= 11 is 0. The first kappa shape index (κ1) is 25.1. The Morgan fingerprint density at radius 1 is 1.11 bits per heavy atom. The number of carbonyl (C=O) groups excluding carboxylic acids is 3. The van der Waals surface area contributed by atoms with Gasteiger partial charge in [0, 0.05) is 55.0 Å². The van der Waals surface area contributed by atoms with Gasteiger partial charge in [-0.2, -0.15) is 0 Å². The van der Waals surface area contributed by atoms with E-state index in [0.29, 0.717) is 23.1 Å². The first-order valence-electron chi connectivity index (χ1n) is 12.4. The SMILES string of the molecule is CC1=C(C(=O)Cc2ccc3[nH]ccc3c2)C(c2ccc(F)c(C(=O)NCCc3ccccn3)c2)NC(=O)C1. The maximum atomic E-state index is 14.7. The molecular formula is C30H27FN4O3. The lowest BCUT2D eigenvalue weighted by Gasteiger charge is -2.28. The molecule has 1 atom stereocenters. The summed E-state index contributed by atoms with van der Waals surface area (Å²) in [6.07, 6.45) is 4.28. The van der Waals surface area contributed by atoms with Crippen molar-refractivity contribution >= 4 is 28.5 Å². The van der Waals surface area contributed by atoms with Gasteiger partial charge in [-0.15, -0.1) is 0 Å². The van der Waals surface area contributed by atoms with Crippen LogP contribution < -0.4 is 10.6 Å². The third-order valence-electron chi connectivity index (χ3n) is 6.72. The van der Waals surface area contributed by atoms with Crippen LogP contribution in [-0.4, -0.2) is 34.1 Å². The third kappa shape index (κ3) is 5.39. The number of nitrogens with one attached hydrogen (secondary N) is 3. The van der Waals surface area contributed by atoms with Gasteiger partial charge in [-0.3, -0.25) is 19.4 Å². The van der Waals surface area contributed by atoms with E-state index in [1.54, 1.807) is 13.1 Å². The zero-order valence-electron chi connectivity index (χ0n) is 20.9. The fourth-order valence-corrected chi connectivity index (χ4v) is 4.85. The number of rotatable bonds is 8. The summed E-state index contributed by atoms with van der Waals surface area (Å²) in [7, 11) is 0. The Hall–Kier alpha value is -4.59. The van der Waals surface area contributed by atoms with Crippen LogP contribution in [0.4, 0.5) is 4.39 Å². The number of ketones is 1. The van der Waals surface area contributed by atoms with Crippen molar-refractivity contribution in [3.63, 3.8) is 0 Å². The first-order valence-corrected chi connectivity index (χ1v) is 12.4. The summed E-state index contributed by atoms with van der Waals surface area (Å²) in [5, 5.41) is 6.60. The number of carbonyl (C=O) groups is 3. The molecule has 4 aromatic rings. The van der Waals surface area contributed by atoms with E-state index in [9.17, 15) is 18.8 Å². The minimum atomic E-state index is -0.777. The predicted molar refractivity (Wildman–Crippen MR) is 142 cm³/mol. The minimum absolute atomic E-state index is 0.108. The van der Waals surface area contributed by atoms with Crippen molar-refractivity contribution in [2.24, 2.45) is 0 Å². The Kier molecular flexibility index (Phi) is 7.13. The Labute approximate surface area is 219 Å². The van der Waals surface area contributed by atoms with Crippen molar-refractivity contribution < 1.29 is 18.8 Å². The standard InChI is InChI=1S/C30H27FN4O3/c1-18-14-27(37)35-29(28(18)26(36)16-19-5-8-25-20(15-19)9-12-33-25)21-6-7-24(31)23(17-21)30(38)34-13-10-22-4-2-3-11-32-22/h2-9,11-12,15,17,29,33H,10,13-14,16H2,1H3,(H,34,38)(H,35,37). The van der Waals surface area contributed by atoms with E-state index in [1.807, 2.05) is 48.7 Å². The van der Waals surface area contributed by atoms with Crippen LogP contribution in [0.25, 0.3) is 10.9 Å². The summed E-state index contributed by atoms with van der Waals surface area (Å²) in [6, 6.07) is 16.6. The molecule has 1 aliphatic rings. The molecule has 192 valence electrons. The predicted octanol–water partition coefficient (Wildman–Crippen LogP) is 4.36. The number of aromatic amines is 1. The van der Waals surface area contributed by atoms with Crippen LogP contribution in [-0.2, 0) is 22.4 Å². The highest BCUT2D eigenvalue weighted by Crippen LogP contribution is 2.32. The van der Waals surface area contributed by atoms with Gasteiger partial charge in [0.05, 0.1) is 11.6 Å². The number of halogens is 1. The monoisotopic (exact) mass is 510 g/mol. The Morgan fingerprint density at radius 2 is 1.97 bits per heavy atom. The van der Waals surface area contributed by atoms with Crippen LogP contribution >= 0.6 is 0 Å². The van der Waals surface area contributed by atoms with E-state index in [0.717, 1.165) is 22.2 Å². The number of hydrogen-bond donors (Lipinski definition) is 3. The maximum absolute atomic E-state index is 14.7. The Bertz CT molecular complexity index is 1560. The lowest BCUT2D eigenvalue weighted by atomic mass is 9.85. The van der Waals surface area contributed by atoms with Gasteiger partial charge in [0.15, 0.2) is 5.78 Å². The smallest absolute Gasteiger partial charge is 0.254 e. The van der Waals surface area contributed by atoms with Crippen molar-refractivity contribution in [1.29, 1.82) is 0 Å². The highest BCUT2D eigenvalue weighted by atomic mass is 19.1. The number of Topliss-reactive ketones (excluding diaryl/α,β-unsaturated/α-hetero) is 1. The molecular weight excluding hydrogens is 483 g/mol. The summed E-state index contributed by atoms with van der Waals surface area (Å²) in [5.41, 5.74) is 4.10. The molecule has 3 N–H and O–H groups in total. The van der Waals surface area contributed by atoms with Crippen LogP contribution in [0.1, 0.15) is 46.6 Å². The van der Waals surface area contributed by atoms with Gasteiger partial charge in [0.2, 0.25) is 5.91 Å². The van der Waals surface area contributed by atoms with Crippen LogP contribution in [0.15, 0.2) is 84.2 Å². The van der Waals surface area contributed by atoms with E-state index in [1.165, 1.54) is 18.2 Å². The summed E-state index contributed by atoms with van der Waals surface area (Å²) in [5.74, 6) is -1.62. The summed E-state index contributed by atoms with van der Waals surface area (Å²) in [4.78, 5) is 46.1. The number of fused-ring (bicyclic) bond motifs is 1. The first-order chi connectivity index (χ1) is 18.4. The Balaban J connectivity index is 1.37. The van der Waals surface area contributed by atoms with Gasteiger partial charge in [0.25, 0.3) is 5.91 Å². The van der Waals surface area contributed by atoms with E-state index < -0.39 is 17.8 Å². The average Bonchev–Trinajstić information content (AvgIpc) is 3.37. The third-order valence-corrected chi connectivity index (χ3v) is 6.72. The zero-order valence-corrected chi connectivity index (χ0v) is 20.9. The average molecular weight is 511 g/mol. The van der Waals surface area contributed by atoms with E-state index in [-0.39, 0.29) is 36.6 Å². The second-order valence-electron chi connectivity index (χ2n) is 9.44. The largest absolute Gasteiger partial charge is 0.361 e. The van der Waals surface area contributed by atoms with E-state index in [2.05, 4.69) is 20.6 Å². The lowest BCUT2D eigenvalue weighted by Crippen LogP contribution is -2.37. The maximum Gasteiger partial charge on any atom is 0.254 e. The fraction of sp³-hybridized carbons (Fsp3) is 0.200. The van der Waals surface area contributed by atoms with E-state index in [4.69, 9.17) is 0 Å². The highest BCUT2D eigenvalue weighted by Gasteiger charge is 2.31. The molecule has 0 bridgehead atoms. The van der Waals surface area contributed by atoms with Gasteiger partial charge in [0.1, 0.15) is 5.82 Å². The molecule has 0 saturated heterocycles. The normalized spacial score (nSPS) is 15.4. The molecule has 38 heavy (non-hydrogen) atoms. The number of benzene rings is 2. The summed E-state index contributed by atoms with van der Waals surface area (Å²) < 4.78 is 14.7. The highest BCUT2D eigenvalue weighted by molar-refractivity contribution is 6.02. The lowest BCUT2D eigenvalue weighted by molar-refractivity contribution is -0.121. The molecule has 2 aromatic carbocycles. The quantitative estimate of drug-likeness (QED) is 0.328. The van der Waals surface area contributed by atoms with Crippen molar-refractivity contribution in [2.45, 2.75) is 32.2 Å². The Morgan fingerprint density at radius 3 is 2.79 bits per heavy atom. The van der Waals surface area contributed by atoms with Gasteiger partial charge in [-0.25, -0.2) is 4.39 Å². The van der Waals surface area contributed by atoms with Crippen LogP contribution in [0.5, 0.6) is 0 Å². The van der Waals surface area contributed by atoms with Crippen LogP contribution in [0.2, 0.25) is 0 Å². The van der Waals surface area contributed by atoms with Crippen LogP contribution in [0, 0.1) is 5.82 Å². The molecule has 2 aromatic heterocycles. The molecule has 8 heteroatoms.